The maximum absolute atomic E-state index is 12.1. The minimum Gasteiger partial charge on any atom is -0.472 e. The molecule has 3 rings (SSSR count). The first-order valence-corrected chi connectivity index (χ1v) is 6.53. The maximum Gasteiger partial charge on any atom is 0.289 e. The Labute approximate surface area is 124 Å². The molecule has 10 nitrogen and oxygen atoms in total. The number of ether oxygens (including phenoxy) is 1. The molecule has 0 aliphatic heterocycles. The van der Waals surface area contributed by atoms with Crippen LogP contribution in [0.3, 0.4) is 0 Å². The molecule has 0 bridgehead atoms. The summed E-state index contributed by atoms with van der Waals surface area (Å²) in [7, 11) is 0. The van der Waals surface area contributed by atoms with Crippen LogP contribution in [0.5, 0.6) is 5.88 Å². The molecule has 0 spiro atoms. The Bertz CT molecular complexity index is 810. The van der Waals surface area contributed by atoms with Crippen LogP contribution in [0.1, 0.15) is 22.0 Å². The largest absolute Gasteiger partial charge is 0.472 e. The van der Waals surface area contributed by atoms with E-state index in [0.29, 0.717) is 17.4 Å². The topological polar surface area (TPSA) is 120 Å². The predicted octanol–water partition coefficient (Wildman–Crippen LogP) is -0.0671. The van der Waals surface area contributed by atoms with Gasteiger partial charge in [0.05, 0.1) is 6.54 Å². The first kappa shape index (κ1) is 13.9. The van der Waals surface area contributed by atoms with E-state index in [4.69, 9.17) is 4.74 Å². The molecule has 0 atom stereocenters. The number of rotatable bonds is 5. The molecule has 0 aliphatic rings. The van der Waals surface area contributed by atoms with E-state index in [9.17, 15) is 4.79 Å². The minimum atomic E-state index is -0.364. The normalized spacial score (nSPS) is 10.8. The highest BCUT2D eigenvalue weighted by molar-refractivity contribution is 5.91. The number of hydrogen-bond donors (Lipinski definition) is 1. The molecule has 3 aromatic rings. The zero-order valence-corrected chi connectivity index (χ0v) is 12.0. The van der Waals surface area contributed by atoms with Crippen molar-refractivity contribution < 1.29 is 14.2 Å². The van der Waals surface area contributed by atoms with E-state index in [1.807, 2.05) is 6.92 Å². The second-order valence-corrected chi connectivity index (χ2v) is 4.52. The van der Waals surface area contributed by atoms with Crippen molar-refractivity contribution in [3.8, 4) is 5.88 Å². The summed E-state index contributed by atoms with van der Waals surface area (Å²) in [4.78, 5) is 16.2. The molecule has 0 unspecified atom stereocenters. The summed E-state index contributed by atoms with van der Waals surface area (Å²) in [5.41, 5.74) is 1.35. The fourth-order valence-electron chi connectivity index (χ4n) is 1.77. The van der Waals surface area contributed by atoms with Gasteiger partial charge in [0, 0.05) is 11.9 Å². The first-order valence-electron chi connectivity index (χ1n) is 6.53. The van der Waals surface area contributed by atoms with Crippen LogP contribution < -0.4 is 10.1 Å². The third kappa shape index (κ3) is 2.71. The fraction of sp³-hybridized carbons (Fsp3) is 0.333. The van der Waals surface area contributed by atoms with Gasteiger partial charge in [0.25, 0.3) is 17.6 Å². The number of carbonyl (C=O) groups excluding carboxylic acids is 1. The van der Waals surface area contributed by atoms with Crippen molar-refractivity contribution in [2.24, 2.45) is 0 Å². The summed E-state index contributed by atoms with van der Waals surface area (Å²) < 4.78 is 11.3. The van der Waals surface area contributed by atoms with E-state index < -0.39 is 0 Å². The number of aromatic nitrogens is 6. The average molecular weight is 303 g/mol. The molecule has 0 radical (unpaired) electrons. The van der Waals surface area contributed by atoms with E-state index in [1.165, 1.54) is 4.40 Å². The summed E-state index contributed by atoms with van der Waals surface area (Å²) >= 11 is 0. The van der Waals surface area contributed by atoms with Gasteiger partial charge in [0.15, 0.2) is 0 Å². The molecular weight excluding hydrogens is 290 g/mol. The maximum atomic E-state index is 12.1. The number of nitrogens with zero attached hydrogens (tertiary/aromatic N) is 6. The Morgan fingerprint density at radius 3 is 3.00 bits per heavy atom. The molecule has 114 valence electrons. The average Bonchev–Trinajstić information content (AvgIpc) is 3.09. The quantitative estimate of drug-likeness (QED) is 0.650. The molecule has 0 fully saturated rings. The third-order valence-electron chi connectivity index (χ3n) is 2.86. The van der Waals surface area contributed by atoms with Crippen molar-refractivity contribution in [2.45, 2.75) is 13.8 Å². The fourth-order valence-corrected chi connectivity index (χ4v) is 1.77. The van der Waals surface area contributed by atoms with Gasteiger partial charge in [-0.2, -0.15) is 0 Å². The van der Waals surface area contributed by atoms with Crippen LogP contribution in [-0.4, -0.2) is 49.0 Å². The molecule has 0 saturated heterocycles. The lowest BCUT2D eigenvalue weighted by molar-refractivity contribution is 0.0934. The molecule has 3 aromatic heterocycles. The Morgan fingerprint density at radius 1 is 1.36 bits per heavy atom. The third-order valence-corrected chi connectivity index (χ3v) is 2.86. The Hall–Kier alpha value is -3.04. The Balaban J connectivity index is 1.58. The number of fused-ring (bicyclic) bond motifs is 1. The number of hydrogen-bond acceptors (Lipinski definition) is 8. The van der Waals surface area contributed by atoms with Crippen LogP contribution in [0.15, 0.2) is 16.9 Å². The standard InChI is InChI=1S/C12H13N7O3/c1-7-3-5-19-9(15-16-12(19)14-7)10(20)13-4-6-21-11-8(2)17-22-18-11/h3,5H,4,6H2,1-2H3,(H,13,20). The van der Waals surface area contributed by atoms with Gasteiger partial charge in [0.2, 0.25) is 5.82 Å². The zero-order valence-electron chi connectivity index (χ0n) is 12.0. The molecular formula is C12H13N7O3. The summed E-state index contributed by atoms with van der Waals surface area (Å²) in [5, 5.41) is 17.5. The van der Waals surface area contributed by atoms with Crippen LogP contribution in [0.25, 0.3) is 5.78 Å². The number of aryl methyl sites for hydroxylation is 2. The molecule has 10 heteroatoms. The van der Waals surface area contributed by atoms with Crippen LogP contribution in [0, 0.1) is 13.8 Å². The molecule has 0 aliphatic carbocycles. The lowest BCUT2D eigenvalue weighted by atomic mass is 10.4. The monoisotopic (exact) mass is 303 g/mol. The van der Waals surface area contributed by atoms with Gasteiger partial charge in [-0.3, -0.25) is 9.20 Å². The Morgan fingerprint density at radius 2 is 2.23 bits per heavy atom. The summed E-state index contributed by atoms with van der Waals surface area (Å²) in [6.45, 7) is 4.06. The second kappa shape index (κ2) is 5.76. The minimum absolute atomic E-state index is 0.168. The van der Waals surface area contributed by atoms with E-state index in [-0.39, 0.29) is 24.9 Å². The molecule has 0 aromatic carbocycles. The van der Waals surface area contributed by atoms with Crippen molar-refractivity contribution in [3.63, 3.8) is 0 Å². The Kier molecular flexibility index (Phi) is 3.64. The zero-order chi connectivity index (χ0) is 15.5. The van der Waals surface area contributed by atoms with E-state index in [1.54, 1.807) is 19.2 Å². The van der Waals surface area contributed by atoms with Crippen molar-refractivity contribution >= 4 is 11.7 Å². The van der Waals surface area contributed by atoms with Gasteiger partial charge in [-0.25, -0.2) is 9.61 Å². The molecule has 22 heavy (non-hydrogen) atoms. The lowest BCUT2D eigenvalue weighted by Crippen LogP contribution is -2.29. The second-order valence-electron chi connectivity index (χ2n) is 4.52. The number of nitrogens with one attached hydrogen (secondary N) is 1. The van der Waals surface area contributed by atoms with Gasteiger partial charge in [-0.15, -0.1) is 10.2 Å². The summed E-state index contributed by atoms with van der Waals surface area (Å²) in [5.74, 6) is 0.492. The van der Waals surface area contributed by atoms with E-state index >= 15 is 0 Å². The van der Waals surface area contributed by atoms with Gasteiger partial charge < -0.3 is 10.1 Å². The van der Waals surface area contributed by atoms with E-state index in [0.717, 1.165) is 5.69 Å². The highest BCUT2D eigenvalue weighted by Crippen LogP contribution is 2.09. The van der Waals surface area contributed by atoms with Crippen molar-refractivity contribution in [3.05, 3.63) is 29.5 Å². The van der Waals surface area contributed by atoms with Crippen molar-refractivity contribution in [2.75, 3.05) is 13.2 Å². The SMILES string of the molecule is Cc1ccn2c(C(=O)NCCOc3nonc3C)nnc2n1. The van der Waals surface area contributed by atoms with Crippen LogP contribution >= 0.6 is 0 Å². The van der Waals surface area contributed by atoms with Gasteiger partial charge in [0.1, 0.15) is 12.3 Å². The summed E-state index contributed by atoms with van der Waals surface area (Å²) in [6, 6.07) is 1.77. The molecule has 1 amide bonds. The van der Waals surface area contributed by atoms with Gasteiger partial charge in [-0.05, 0) is 25.1 Å². The number of carbonyl (C=O) groups is 1. The highest BCUT2D eigenvalue weighted by atomic mass is 16.6. The van der Waals surface area contributed by atoms with Crippen molar-refractivity contribution in [1.29, 1.82) is 0 Å². The summed E-state index contributed by atoms with van der Waals surface area (Å²) in [6.07, 6.45) is 1.70. The lowest BCUT2D eigenvalue weighted by Gasteiger charge is -2.04. The van der Waals surface area contributed by atoms with Crippen LogP contribution in [0.4, 0.5) is 0 Å². The smallest absolute Gasteiger partial charge is 0.289 e. The molecule has 0 saturated carbocycles. The van der Waals surface area contributed by atoms with Crippen LogP contribution in [0.2, 0.25) is 0 Å². The van der Waals surface area contributed by atoms with Crippen LogP contribution in [-0.2, 0) is 0 Å². The van der Waals surface area contributed by atoms with Crippen molar-refractivity contribution in [1.82, 2.24) is 35.2 Å². The van der Waals surface area contributed by atoms with E-state index in [2.05, 4.69) is 35.4 Å². The van der Waals surface area contributed by atoms with Gasteiger partial charge in [-0.1, -0.05) is 5.16 Å². The molecule has 3 heterocycles. The van der Waals surface area contributed by atoms with Gasteiger partial charge >= 0.3 is 0 Å². The predicted molar refractivity (Wildman–Crippen MR) is 72.4 cm³/mol. The number of amides is 1. The molecule has 1 N–H and O–H groups in total. The highest BCUT2D eigenvalue weighted by Gasteiger charge is 2.14. The first-order chi connectivity index (χ1) is 10.6.